The lowest BCUT2D eigenvalue weighted by Crippen LogP contribution is -2.47. The molecule has 6 nitrogen and oxygen atoms in total. The van der Waals surface area contributed by atoms with E-state index in [9.17, 15) is 18.0 Å². The molecular weight excluding hydrogens is 546 g/mol. The van der Waals surface area contributed by atoms with E-state index in [-0.39, 0.29) is 30.4 Å². The van der Waals surface area contributed by atoms with Crippen LogP contribution in [-0.4, -0.2) is 65.2 Å². The molecule has 2 aromatic heterocycles. The van der Waals surface area contributed by atoms with Crippen molar-refractivity contribution in [3.05, 3.63) is 57.0 Å². The van der Waals surface area contributed by atoms with Crippen LogP contribution >= 0.6 is 36.2 Å². The van der Waals surface area contributed by atoms with E-state index in [4.69, 9.17) is 0 Å². The first-order valence-electron chi connectivity index (χ1n) is 12.2. The van der Waals surface area contributed by atoms with Crippen molar-refractivity contribution in [1.29, 1.82) is 0 Å². The van der Waals surface area contributed by atoms with Crippen molar-refractivity contribution in [2.24, 2.45) is 0 Å². The Morgan fingerprint density at radius 2 is 1.76 bits per heavy atom. The Kier molecular flexibility index (Phi) is 9.90. The molecule has 1 fully saturated rings. The van der Waals surface area contributed by atoms with E-state index in [0.29, 0.717) is 31.9 Å². The summed E-state index contributed by atoms with van der Waals surface area (Å²) in [5, 5.41) is 0.790. The predicted molar refractivity (Wildman–Crippen MR) is 148 cm³/mol. The normalized spacial score (nSPS) is 16.8. The second-order valence-electron chi connectivity index (χ2n) is 9.33. The molecule has 0 bridgehead atoms. The number of halogens is 5. The van der Waals surface area contributed by atoms with Crippen molar-refractivity contribution in [2.75, 3.05) is 50.7 Å². The molecule has 0 spiro atoms. The maximum absolute atomic E-state index is 13.3. The fourth-order valence-corrected chi connectivity index (χ4v) is 6.32. The van der Waals surface area contributed by atoms with Gasteiger partial charge in [-0.25, -0.2) is 4.98 Å². The largest absolute Gasteiger partial charge is 0.416 e. The summed E-state index contributed by atoms with van der Waals surface area (Å²) in [5.41, 5.74) is 1.21. The van der Waals surface area contributed by atoms with Gasteiger partial charge in [-0.3, -0.25) is 19.2 Å². The number of fused-ring (bicyclic) bond motifs is 3. The molecule has 2 aliphatic heterocycles. The van der Waals surface area contributed by atoms with Gasteiger partial charge in [-0.1, -0.05) is 13.0 Å². The van der Waals surface area contributed by atoms with E-state index in [2.05, 4.69) is 21.7 Å². The number of anilines is 1. The zero-order chi connectivity index (χ0) is 24.6. The smallest absolute Gasteiger partial charge is 0.369 e. The third-order valence-corrected chi connectivity index (χ3v) is 8.14. The molecule has 37 heavy (non-hydrogen) atoms. The molecule has 1 aromatic carbocycles. The molecule has 12 heteroatoms. The summed E-state index contributed by atoms with van der Waals surface area (Å²) in [7, 11) is 0. The van der Waals surface area contributed by atoms with Crippen molar-refractivity contribution >= 4 is 52.1 Å². The Bertz CT molecular complexity index is 1260. The quantitative estimate of drug-likeness (QED) is 0.416. The standard InChI is InChI=1S/C25H30F3N5OS.2ClH/c1-2-7-31-8-6-20-21(16-31)35-23-22(20)24(34)33(17-29-23)14-11-30-9-12-32(13-10-30)19-5-3-4-18(15-19)25(26,27)28;;/h3-5,15,17H,2,6-14,16H2,1H3;2*1H. The van der Waals surface area contributed by atoms with Gasteiger partial charge in [0.2, 0.25) is 0 Å². The SMILES string of the molecule is CCCN1CCc2c(sc3ncn(CCN4CCN(c5cccc(C(F)(F)F)c5)CC4)c(=O)c23)C1.Cl.Cl. The highest BCUT2D eigenvalue weighted by atomic mass is 35.5. The van der Waals surface area contributed by atoms with Crippen LogP contribution in [0.5, 0.6) is 0 Å². The Morgan fingerprint density at radius 1 is 1.00 bits per heavy atom. The molecule has 3 aromatic rings. The summed E-state index contributed by atoms with van der Waals surface area (Å²) in [6.07, 6.45) is -0.653. The molecule has 1 saturated heterocycles. The van der Waals surface area contributed by atoms with Crippen molar-refractivity contribution in [1.82, 2.24) is 19.4 Å². The first kappa shape index (κ1) is 29.7. The number of rotatable bonds is 6. The Balaban J connectivity index is 0.00000190. The van der Waals surface area contributed by atoms with Gasteiger partial charge in [0, 0.05) is 62.9 Å². The summed E-state index contributed by atoms with van der Waals surface area (Å²) in [6, 6.07) is 5.52. The lowest BCUT2D eigenvalue weighted by atomic mass is 10.1. The van der Waals surface area contributed by atoms with E-state index in [1.54, 1.807) is 28.3 Å². The molecule has 0 aliphatic carbocycles. The number of benzene rings is 1. The van der Waals surface area contributed by atoms with Gasteiger partial charge in [0.25, 0.3) is 5.56 Å². The minimum absolute atomic E-state index is 0. The van der Waals surface area contributed by atoms with Gasteiger partial charge in [0.15, 0.2) is 0 Å². The van der Waals surface area contributed by atoms with Crippen LogP contribution in [-0.2, 0) is 25.7 Å². The van der Waals surface area contributed by atoms with E-state index in [1.807, 2.05) is 4.90 Å². The van der Waals surface area contributed by atoms with Gasteiger partial charge in [-0.2, -0.15) is 13.2 Å². The van der Waals surface area contributed by atoms with Crippen LogP contribution in [0.1, 0.15) is 29.3 Å². The van der Waals surface area contributed by atoms with Crippen LogP contribution in [0.3, 0.4) is 0 Å². The summed E-state index contributed by atoms with van der Waals surface area (Å²) in [6.45, 7) is 9.19. The number of thiophene rings is 1. The molecule has 204 valence electrons. The highest BCUT2D eigenvalue weighted by molar-refractivity contribution is 7.18. The number of hydrogen-bond donors (Lipinski definition) is 0. The molecule has 2 aliphatic rings. The fraction of sp³-hybridized carbons (Fsp3) is 0.520. The van der Waals surface area contributed by atoms with Crippen LogP contribution in [0.4, 0.5) is 18.9 Å². The summed E-state index contributed by atoms with van der Waals surface area (Å²) in [5.74, 6) is 0. The maximum atomic E-state index is 13.3. The number of aromatic nitrogens is 2. The maximum Gasteiger partial charge on any atom is 0.416 e. The van der Waals surface area contributed by atoms with Crippen molar-refractivity contribution in [3.8, 4) is 0 Å². The van der Waals surface area contributed by atoms with Gasteiger partial charge in [-0.05, 0) is 43.1 Å². The monoisotopic (exact) mass is 577 g/mol. The second kappa shape index (κ2) is 12.3. The molecule has 0 N–H and O–H groups in total. The highest BCUT2D eigenvalue weighted by Crippen LogP contribution is 2.33. The first-order chi connectivity index (χ1) is 16.8. The van der Waals surface area contributed by atoms with Gasteiger partial charge in [-0.15, -0.1) is 36.2 Å². The van der Waals surface area contributed by atoms with Crippen molar-refractivity contribution in [2.45, 2.75) is 39.0 Å². The minimum atomic E-state index is -4.34. The van der Waals surface area contributed by atoms with Gasteiger partial charge < -0.3 is 4.90 Å². The molecular formula is C25H32Cl2F3N5OS. The number of piperazine rings is 1. The molecule has 0 unspecified atom stereocenters. The van der Waals surface area contributed by atoms with E-state index in [1.165, 1.54) is 22.6 Å². The van der Waals surface area contributed by atoms with Crippen LogP contribution < -0.4 is 10.5 Å². The van der Waals surface area contributed by atoms with Gasteiger partial charge >= 0.3 is 6.18 Å². The minimum Gasteiger partial charge on any atom is -0.369 e. The zero-order valence-electron chi connectivity index (χ0n) is 20.7. The third-order valence-electron chi connectivity index (χ3n) is 7.01. The number of nitrogens with zero attached hydrogens (tertiary/aromatic N) is 5. The Morgan fingerprint density at radius 3 is 2.46 bits per heavy atom. The fourth-order valence-electron chi connectivity index (χ4n) is 5.10. The van der Waals surface area contributed by atoms with E-state index in [0.717, 1.165) is 61.8 Å². The summed E-state index contributed by atoms with van der Waals surface area (Å²) in [4.78, 5) is 26.7. The molecule has 0 amide bonds. The lowest BCUT2D eigenvalue weighted by Gasteiger charge is -2.36. The third kappa shape index (κ3) is 6.42. The van der Waals surface area contributed by atoms with E-state index >= 15 is 0 Å². The highest BCUT2D eigenvalue weighted by Gasteiger charge is 2.31. The first-order valence-corrected chi connectivity index (χ1v) is 13.0. The summed E-state index contributed by atoms with van der Waals surface area (Å²) >= 11 is 1.65. The van der Waals surface area contributed by atoms with E-state index < -0.39 is 11.7 Å². The van der Waals surface area contributed by atoms with Gasteiger partial charge in [0.1, 0.15) is 4.83 Å². The molecule has 4 heterocycles. The number of hydrogen-bond acceptors (Lipinski definition) is 6. The van der Waals surface area contributed by atoms with Crippen LogP contribution in [0.25, 0.3) is 10.2 Å². The second-order valence-corrected chi connectivity index (χ2v) is 10.4. The van der Waals surface area contributed by atoms with Crippen molar-refractivity contribution < 1.29 is 13.2 Å². The van der Waals surface area contributed by atoms with Crippen LogP contribution in [0, 0.1) is 0 Å². The number of alkyl halides is 3. The molecule has 5 rings (SSSR count). The zero-order valence-corrected chi connectivity index (χ0v) is 23.1. The predicted octanol–water partition coefficient (Wildman–Crippen LogP) is 4.91. The molecule has 0 radical (unpaired) electrons. The molecule has 0 saturated carbocycles. The van der Waals surface area contributed by atoms with Gasteiger partial charge in [0.05, 0.1) is 17.3 Å². The topological polar surface area (TPSA) is 44.6 Å². The molecule has 0 atom stereocenters. The average Bonchev–Trinajstić information content (AvgIpc) is 3.22. The lowest BCUT2D eigenvalue weighted by molar-refractivity contribution is -0.137. The van der Waals surface area contributed by atoms with Crippen molar-refractivity contribution in [3.63, 3.8) is 0 Å². The Hall–Kier alpha value is -1.85. The van der Waals surface area contributed by atoms with Crippen LogP contribution in [0.15, 0.2) is 35.4 Å². The van der Waals surface area contributed by atoms with Crippen LogP contribution in [0.2, 0.25) is 0 Å². The Labute approximate surface area is 230 Å². The summed E-state index contributed by atoms with van der Waals surface area (Å²) < 4.78 is 40.9. The average molecular weight is 579 g/mol.